The van der Waals surface area contributed by atoms with Crippen molar-refractivity contribution in [2.45, 2.75) is 6.18 Å². The molecule has 0 saturated carbocycles. The molecule has 0 heterocycles. The van der Waals surface area contributed by atoms with Gasteiger partial charge in [0.05, 0.1) is 0 Å². The number of carboxylic acids is 1. The average molecular weight is 234 g/mol. The Kier molecular flexibility index (Phi) is 4.75. The van der Waals surface area contributed by atoms with Crippen LogP contribution in [0.4, 0.5) is 18.9 Å². The molecule has 86 valence electrons. The number of alkyl halides is 3. The minimum absolute atomic E-state index is 0.0139. The summed E-state index contributed by atoms with van der Waals surface area (Å²) in [6, 6.07) is 6.29. The maximum atomic E-state index is 10.5. The van der Waals surface area contributed by atoms with E-state index < -0.39 is 12.1 Å². The van der Waals surface area contributed by atoms with E-state index in [4.69, 9.17) is 20.4 Å². The van der Waals surface area contributed by atoms with Crippen LogP contribution in [-0.4, -0.2) is 17.3 Å². The van der Waals surface area contributed by atoms with Gasteiger partial charge in [-0.05, 0) is 6.07 Å². The molecule has 0 aromatic heterocycles. The van der Waals surface area contributed by atoms with E-state index in [-0.39, 0.29) is 11.4 Å². The zero-order valence-electron chi connectivity index (χ0n) is 7.60. The lowest BCUT2D eigenvalue weighted by molar-refractivity contribution is -0.344. The van der Waals surface area contributed by atoms with E-state index in [0.29, 0.717) is 0 Å². The lowest BCUT2D eigenvalue weighted by Gasteiger charge is -2.03. The van der Waals surface area contributed by atoms with E-state index in [2.05, 4.69) is 4.98 Å². The molecule has 0 amide bonds. The Balaban J connectivity index is 0.000000293. The zero-order chi connectivity index (χ0) is 12.8. The number of carbonyl (C=O) groups is 1. The van der Waals surface area contributed by atoms with Crippen molar-refractivity contribution < 1.29 is 28.2 Å². The normalized spacial score (nSPS) is 9.62. The molecule has 5 nitrogen and oxygen atoms in total. The number of benzene rings is 1. The number of nitrogens with zero attached hydrogens (tertiary/aromatic N) is 2. The first-order chi connectivity index (χ1) is 7.29. The topological polar surface area (TPSA) is 88.5 Å². The van der Waals surface area contributed by atoms with Crippen LogP contribution in [0.25, 0.3) is 4.98 Å². The molecule has 1 rings (SSSR count). The van der Waals surface area contributed by atoms with Gasteiger partial charge in [0.15, 0.2) is 4.98 Å². The smallest absolute Gasteiger partial charge is 0.430 e. The third-order valence-corrected chi connectivity index (χ3v) is 1.22. The Hall–Kier alpha value is -2.30. The summed E-state index contributed by atoms with van der Waals surface area (Å²) < 4.78 is 31.5. The third kappa shape index (κ3) is 4.80. The Bertz CT molecular complexity index is 412. The molecule has 0 spiro atoms. The molecular weight excluding hydrogens is 229 g/mol. The SMILES string of the molecule is N#[N+]c1ccccc1O.O=C([O-])C(F)(F)F. The summed E-state index contributed by atoms with van der Waals surface area (Å²) in [4.78, 5) is 11.6. The van der Waals surface area contributed by atoms with E-state index >= 15 is 0 Å². The lowest BCUT2D eigenvalue weighted by Crippen LogP contribution is -2.37. The highest BCUT2D eigenvalue weighted by Crippen LogP contribution is 2.23. The molecule has 8 heteroatoms. The summed E-state index contributed by atoms with van der Waals surface area (Å²) in [5.74, 6) is -3.02. The number of phenols is 1. The van der Waals surface area contributed by atoms with E-state index in [1.165, 1.54) is 12.1 Å². The zero-order valence-corrected chi connectivity index (χ0v) is 7.60. The van der Waals surface area contributed by atoms with Gasteiger partial charge in [-0.1, -0.05) is 12.1 Å². The molecule has 1 aromatic carbocycles. The lowest BCUT2D eigenvalue weighted by atomic mass is 10.3. The van der Waals surface area contributed by atoms with Crippen molar-refractivity contribution >= 4 is 11.7 Å². The minimum Gasteiger partial charge on any atom is -0.542 e. The van der Waals surface area contributed by atoms with Gasteiger partial charge in [0, 0.05) is 6.07 Å². The van der Waals surface area contributed by atoms with Crippen molar-refractivity contribution in [3.05, 3.63) is 29.2 Å². The van der Waals surface area contributed by atoms with Crippen LogP contribution in [0.15, 0.2) is 24.3 Å². The van der Waals surface area contributed by atoms with Gasteiger partial charge in [-0.2, -0.15) is 13.2 Å². The number of para-hydroxylation sites is 1. The molecule has 0 bridgehead atoms. The monoisotopic (exact) mass is 234 g/mol. The molecule has 0 radical (unpaired) electrons. The van der Waals surface area contributed by atoms with Crippen LogP contribution < -0.4 is 5.11 Å². The molecule has 16 heavy (non-hydrogen) atoms. The van der Waals surface area contributed by atoms with Crippen molar-refractivity contribution in [2.75, 3.05) is 0 Å². The van der Waals surface area contributed by atoms with Gasteiger partial charge in [-0.15, -0.1) is 0 Å². The number of hydrogen-bond donors (Lipinski definition) is 1. The van der Waals surface area contributed by atoms with Gasteiger partial charge < -0.3 is 15.0 Å². The summed E-state index contributed by atoms with van der Waals surface area (Å²) in [6.45, 7) is 0. The Labute approximate surface area is 87.4 Å². The summed E-state index contributed by atoms with van der Waals surface area (Å²) in [5, 5.41) is 25.8. The maximum absolute atomic E-state index is 10.5. The van der Waals surface area contributed by atoms with Crippen LogP contribution in [0.2, 0.25) is 0 Å². The van der Waals surface area contributed by atoms with E-state index in [1.807, 2.05) is 0 Å². The maximum Gasteiger partial charge on any atom is 0.430 e. The summed E-state index contributed by atoms with van der Waals surface area (Å²) in [6.07, 6.45) is -5.19. The number of aliphatic carboxylic acids is 1. The first kappa shape index (κ1) is 13.7. The van der Waals surface area contributed by atoms with Crippen LogP contribution in [0.5, 0.6) is 5.75 Å². The fourth-order valence-corrected chi connectivity index (χ4v) is 0.549. The van der Waals surface area contributed by atoms with Crippen molar-refractivity contribution in [3.8, 4) is 5.75 Å². The van der Waals surface area contributed by atoms with Gasteiger partial charge in [0.1, 0.15) is 5.97 Å². The van der Waals surface area contributed by atoms with Crippen LogP contribution in [0.1, 0.15) is 0 Å². The number of halogens is 3. The molecule has 1 aromatic rings. The van der Waals surface area contributed by atoms with Crippen molar-refractivity contribution in [1.29, 1.82) is 5.39 Å². The van der Waals surface area contributed by atoms with Gasteiger partial charge in [-0.3, -0.25) is 0 Å². The molecule has 0 saturated heterocycles. The van der Waals surface area contributed by atoms with Crippen molar-refractivity contribution in [2.24, 2.45) is 0 Å². The fraction of sp³-hybridized carbons (Fsp3) is 0.125. The third-order valence-electron chi connectivity index (χ3n) is 1.22. The van der Waals surface area contributed by atoms with Crippen LogP contribution in [-0.2, 0) is 4.79 Å². The van der Waals surface area contributed by atoms with Gasteiger partial charge in [0.25, 0.3) is 0 Å². The highest BCUT2D eigenvalue weighted by atomic mass is 19.4. The molecular formula is C8H5F3N2O3. The summed E-state index contributed by atoms with van der Waals surface area (Å²) in [5.41, 5.74) is 0.192. The number of diazo groups is 1. The van der Waals surface area contributed by atoms with Gasteiger partial charge >= 0.3 is 11.9 Å². The summed E-state index contributed by atoms with van der Waals surface area (Å²) >= 11 is 0. The fourth-order valence-electron chi connectivity index (χ4n) is 0.549. The van der Waals surface area contributed by atoms with Gasteiger partial charge in [-0.25, -0.2) is 0 Å². The number of carboxylic acid groups (broad SMARTS) is 1. The van der Waals surface area contributed by atoms with Crippen LogP contribution >= 0.6 is 0 Å². The van der Waals surface area contributed by atoms with E-state index in [1.54, 1.807) is 12.1 Å². The largest absolute Gasteiger partial charge is 0.542 e. The second-order valence-corrected chi connectivity index (χ2v) is 2.37. The van der Waals surface area contributed by atoms with Crippen molar-refractivity contribution in [3.63, 3.8) is 0 Å². The average Bonchev–Trinajstić information content (AvgIpc) is 2.18. The number of phenolic OH excluding ortho intramolecular Hbond substituents is 1. The molecule has 0 aliphatic rings. The number of aromatic hydroxyl groups is 1. The number of rotatable bonds is 0. The molecule has 1 N–H and O–H groups in total. The highest BCUT2D eigenvalue weighted by Gasteiger charge is 2.28. The Morgan fingerprint density at radius 2 is 1.81 bits per heavy atom. The minimum atomic E-state index is -5.19. The standard InChI is InChI=1S/C6H4N2O.C2HF3O2/c7-8-5-3-1-2-4-6(5)9;3-2(4,5)1(6)7/h1-4H;(H,6,7). The van der Waals surface area contributed by atoms with Crippen molar-refractivity contribution in [1.82, 2.24) is 0 Å². The predicted octanol–water partition coefficient (Wildman–Crippen LogP) is 1.18. The molecule has 0 atom stereocenters. The van der Waals surface area contributed by atoms with Crippen LogP contribution in [0.3, 0.4) is 0 Å². The molecule has 0 unspecified atom stereocenters. The van der Waals surface area contributed by atoms with Gasteiger partial charge in [0.2, 0.25) is 11.1 Å². The van der Waals surface area contributed by atoms with Crippen LogP contribution in [0, 0.1) is 5.39 Å². The summed E-state index contributed by atoms with van der Waals surface area (Å²) in [7, 11) is 0. The highest BCUT2D eigenvalue weighted by molar-refractivity contribution is 5.70. The second-order valence-electron chi connectivity index (χ2n) is 2.37. The first-order valence-corrected chi connectivity index (χ1v) is 3.70. The first-order valence-electron chi connectivity index (χ1n) is 3.70. The second kappa shape index (κ2) is 5.55. The Morgan fingerprint density at radius 3 is 2.06 bits per heavy atom. The Morgan fingerprint density at radius 1 is 1.38 bits per heavy atom. The molecule has 0 fully saturated rings. The van der Waals surface area contributed by atoms with E-state index in [0.717, 1.165) is 0 Å². The van der Waals surface area contributed by atoms with E-state index in [9.17, 15) is 13.2 Å². The molecule has 0 aliphatic carbocycles. The quantitative estimate of drug-likeness (QED) is 0.682. The number of hydrogen-bond acceptors (Lipinski definition) is 4. The molecule has 0 aliphatic heterocycles. The number of carbonyl (C=O) groups excluding carboxylic acids is 1. The predicted molar refractivity (Wildman–Crippen MR) is 43.9 cm³/mol.